The number of carbonyl (C=O) groups excluding carboxylic acids is 2. The predicted molar refractivity (Wildman–Crippen MR) is 101 cm³/mol. The van der Waals surface area contributed by atoms with Crippen molar-refractivity contribution < 1.29 is 14.0 Å². The first-order valence-electron chi connectivity index (χ1n) is 9.52. The molecule has 1 atom stereocenters. The van der Waals surface area contributed by atoms with Gasteiger partial charge in [-0.15, -0.1) is 0 Å². The van der Waals surface area contributed by atoms with Crippen molar-refractivity contribution in [1.29, 1.82) is 0 Å². The van der Waals surface area contributed by atoms with Crippen LogP contribution in [0.25, 0.3) is 10.9 Å². The molecule has 2 aromatic rings. The molecule has 1 fully saturated rings. The highest BCUT2D eigenvalue weighted by Crippen LogP contribution is 2.31. The minimum atomic E-state index is -0.434. The summed E-state index contributed by atoms with van der Waals surface area (Å²) >= 11 is 0. The lowest BCUT2D eigenvalue weighted by Crippen LogP contribution is -2.33. The summed E-state index contributed by atoms with van der Waals surface area (Å²) in [4.78, 5) is 26.3. The molecule has 2 N–H and O–H groups in total. The Kier molecular flexibility index (Phi) is 4.92. The number of hydrogen-bond acceptors (Lipinski definition) is 3. The molecule has 4 rings (SSSR count). The normalized spacial score (nSPS) is 20.2. The van der Waals surface area contributed by atoms with Crippen molar-refractivity contribution in [2.24, 2.45) is 5.92 Å². The summed E-state index contributed by atoms with van der Waals surface area (Å²) in [5.41, 5.74) is 1.94. The molecule has 0 bridgehead atoms. The van der Waals surface area contributed by atoms with Crippen LogP contribution in [0.3, 0.4) is 0 Å². The van der Waals surface area contributed by atoms with E-state index in [1.54, 1.807) is 12.1 Å². The quantitative estimate of drug-likeness (QED) is 0.794. The summed E-state index contributed by atoms with van der Waals surface area (Å²) in [5.74, 6) is -0.936. The summed E-state index contributed by atoms with van der Waals surface area (Å²) in [5, 5.41) is 10.1. The van der Waals surface area contributed by atoms with Crippen molar-refractivity contribution in [3.05, 3.63) is 35.7 Å². The molecule has 2 heterocycles. The Morgan fingerprint density at radius 3 is 3.07 bits per heavy atom. The lowest BCUT2D eigenvalue weighted by Gasteiger charge is -2.15. The number of carbonyl (C=O) groups is 2. The van der Waals surface area contributed by atoms with Gasteiger partial charge in [-0.2, -0.15) is 5.10 Å². The molecule has 6 nitrogen and oxygen atoms in total. The van der Waals surface area contributed by atoms with Gasteiger partial charge in [0.25, 0.3) is 0 Å². The summed E-state index contributed by atoms with van der Waals surface area (Å²) in [6, 6.07) is 4.63. The van der Waals surface area contributed by atoms with Gasteiger partial charge in [-0.3, -0.25) is 19.6 Å². The fourth-order valence-corrected chi connectivity index (χ4v) is 3.92. The van der Waals surface area contributed by atoms with Gasteiger partial charge < -0.3 is 5.32 Å². The maximum atomic E-state index is 14.2. The van der Waals surface area contributed by atoms with Gasteiger partial charge in [0.15, 0.2) is 5.82 Å². The SMILES string of the molecule is O=C(NCCC1=CCCCC1)[C@H]1CC(=O)N(c2n[nH]c3cccc(F)c23)C1. The second kappa shape index (κ2) is 7.50. The lowest BCUT2D eigenvalue weighted by molar-refractivity contribution is -0.126. The van der Waals surface area contributed by atoms with E-state index in [-0.39, 0.29) is 36.0 Å². The molecule has 1 aromatic carbocycles. The molecule has 1 aliphatic carbocycles. The van der Waals surface area contributed by atoms with Crippen molar-refractivity contribution in [1.82, 2.24) is 15.5 Å². The van der Waals surface area contributed by atoms with Gasteiger partial charge in [0.2, 0.25) is 11.8 Å². The predicted octanol–water partition coefficient (Wildman–Crippen LogP) is 3.06. The highest BCUT2D eigenvalue weighted by Gasteiger charge is 2.37. The van der Waals surface area contributed by atoms with E-state index >= 15 is 0 Å². The number of nitrogens with one attached hydrogen (secondary N) is 2. The Hall–Kier alpha value is -2.70. The Morgan fingerprint density at radius 1 is 1.37 bits per heavy atom. The second-order valence-electron chi connectivity index (χ2n) is 7.26. The molecule has 0 unspecified atom stereocenters. The van der Waals surface area contributed by atoms with E-state index in [1.807, 2.05) is 0 Å². The number of halogens is 1. The minimum absolute atomic E-state index is 0.122. The number of benzene rings is 1. The third-order valence-corrected chi connectivity index (χ3v) is 5.40. The van der Waals surface area contributed by atoms with Gasteiger partial charge in [0, 0.05) is 19.5 Å². The monoisotopic (exact) mass is 370 g/mol. The molecule has 142 valence electrons. The average molecular weight is 370 g/mol. The van der Waals surface area contributed by atoms with Crippen LogP contribution in [0.5, 0.6) is 0 Å². The number of anilines is 1. The topological polar surface area (TPSA) is 78.1 Å². The van der Waals surface area contributed by atoms with E-state index in [2.05, 4.69) is 21.6 Å². The van der Waals surface area contributed by atoms with Crippen molar-refractivity contribution in [2.75, 3.05) is 18.0 Å². The van der Waals surface area contributed by atoms with Gasteiger partial charge in [0.05, 0.1) is 16.8 Å². The lowest BCUT2D eigenvalue weighted by atomic mass is 9.97. The average Bonchev–Trinajstić information content (AvgIpc) is 3.27. The molecular weight excluding hydrogens is 347 g/mol. The van der Waals surface area contributed by atoms with Crippen LogP contribution in [0.1, 0.15) is 38.5 Å². The first-order valence-corrected chi connectivity index (χ1v) is 9.52. The molecule has 27 heavy (non-hydrogen) atoms. The van der Waals surface area contributed by atoms with Crippen molar-refractivity contribution >= 4 is 28.5 Å². The fraction of sp³-hybridized carbons (Fsp3) is 0.450. The molecule has 1 aromatic heterocycles. The van der Waals surface area contributed by atoms with Gasteiger partial charge in [0.1, 0.15) is 5.82 Å². The number of fused-ring (bicyclic) bond motifs is 1. The van der Waals surface area contributed by atoms with E-state index < -0.39 is 11.7 Å². The molecule has 0 saturated carbocycles. The molecule has 0 spiro atoms. The van der Waals surface area contributed by atoms with Crippen LogP contribution in [-0.4, -0.2) is 35.1 Å². The fourth-order valence-electron chi connectivity index (χ4n) is 3.92. The first kappa shape index (κ1) is 17.7. The largest absolute Gasteiger partial charge is 0.355 e. The van der Waals surface area contributed by atoms with E-state index in [0.29, 0.717) is 12.1 Å². The van der Waals surface area contributed by atoms with Crippen LogP contribution >= 0.6 is 0 Å². The van der Waals surface area contributed by atoms with Crippen LogP contribution in [0.15, 0.2) is 29.8 Å². The van der Waals surface area contributed by atoms with Crippen molar-refractivity contribution in [2.45, 2.75) is 38.5 Å². The van der Waals surface area contributed by atoms with Crippen LogP contribution in [0.4, 0.5) is 10.2 Å². The smallest absolute Gasteiger partial charge is 0.229 e. The summed E-state index contributed by atoms with van der Waals surface area (Å²) in [6.45, 7) is 0.816. The molecule has 7 heteroatoms. The Bertz CT molecular complexity index is 905. The van der Waals surface area contributed by atoms with Crippen LogP contribution < -0.4 is 10.2 Å². The summed E-state index contributed by atoms with van der Waals surface area (Å²) in [7, 11) is 0. The number of H-pyrrole nitrogens is 1. The standard InChI is InChI=1S/C20H23FN4O2/c21-15-7-4-8-16-18(15)19(24-23-16)25-12-14(11-17(25)26)20(27)22-10-9-13-5-2-1-3-6-13/h4-5,7-8,14H,1-3,6,9-12H2,(H,22,27)(H,23,24)/t14-/m0/s1. The van der Waals surface area contributed by atoms with Crippen LogP contribution in [0.2, 0.25) is 0 Å². The number of aromatic amines is 1. The van der Waals surface area contributed by atoms with E-state index in [1.165, 1.54) is 29.4 Å². The minimum Gasteiger partial charge on any atom is -0.355 e. The number of nitrogens with zero attached hydrogens (tertiary/aromatic N) is 2. The number of allylic oxidation sites excluding steroid dienone is 1. The molecule has 1 aliphatic heterocycles. The Morgan fingerprint density at radius 2 is 2.26 bits per heavy atom. The maximum absolute atomic E-state index is 14.2. The van der Waals surface area contributed by atoms with E-state index in [9.17, 15) is 14.0 Å². The van der Waals surface area contributed by atoms with Crippen molar-refractivity contribution in [3.8, 4) is 0 Å². The zero-order valence-electron chi connectivity index (χ0n) is 15.1. The zero-order chi connectivity index (χ0) is 18.8. The molecule has 0 radical (unpaired) electrons. The molecule has 2 amide bonds. The highest BCUT2D eigenvalue weighted by molar-refractivity contribution is 6.05. The third-order valence-electron chi connectivity index (χ3n) is 5.40. The van der Waals surface area contributed by atoms with E-state index in [0.717, 1.165) is 19.3 Å². The number of amides is 2. The van der Waals surface area contributed by atoms with Gasteiger partial charge >= 0.3 is 0 Å². The second-order valence-corrected chi connectivity index (χ2v) is 7.26. The number of hydrogen-bond donors (Lipinski definition) is 2. The molecular formula is C20H23FN4O2. The van der Waals surface area contributed by atoms with Crippen molar-refractivity contribution in [3.63, 3.8) is 0 Å². The zero-order valence-corrected chi connectivity index (χ0v) is 15.1. The summed E-state index contributed by atoms with van der Waals surface area (Å²) < 4.78 is 14.2. The molecule has 2 aliphatic rings. The van der Waals surface area contributed by atoms with Gasteiger partial charge in [-0.1, -0.05) is 17.7 Å². The Labute approximate surface area is 156 Å². The number of aromatic nitrogens is 2. The summed E-state index contributed by atoms with van der Waals surface area (Å²) in [6.07, 6.45) is 7.97. The highest BCUT2D eigenvalue weighted by atomic mass is 19.1. The third kappa shape index (κ3) is 3.59. The van der Waals surface area contributed by atoms with Crippen LogP contribution in [0, 0.1) is 11.7 Å². The van der Waals surface area contributed by atoms with Gasteiger partial charge in [-0.05, 0) is 44.2 Å². The van der Waals surface area contributed by atoms with Gasteiger partial charge in [-0.25, -0.2) is 4.39 Å². The van der Waals surface area contributed by atoms with Crippen LogP contribution in [-0.2, 0) is 9.59 Å². The molecule has 1 saturated heterocycles. The first-order chi connectivity index (χ1) is 13.1. The van der Waals surface area contributed by atoms with E-state index in [4.69, 9.17) is 0 Å². The number of rotatable bonds is 5. The Balaban J connectivity index is 1.39. The maximum Gasteiger partial charge on any atom is 0.229 e.